The molecule has 0 unspecified atom stereocenters. The zero-order valence-electron chi connectivity index (χ0n) is 13.5. The standard InChI is InChI=1S/C21H16O4/c22-19-16-9-4-5-10-17(16)25-20(18-11-6-13-23-18)21(19)24-14-12-15-7-2-1-3-8-15/h1-11,13H,12,14H2. The third kappa shape index (κ3) is 3.06. The molecular weight excluding hydrogens is 316 g/mol. The van der Waals surface area contributed by atoms with Crippen LogP contribution in [0.2, 0.25) is 0 Å². The number of hydrogen-bond acceptors (Lipinski definition) is 4. The van der Waals surface area contributed by atoms with E-state index in [1.807, 2.05) is 36.4 Å². The number of benzene rings is 2. The highest BCUT2D eigenvalue weighted by molar-refractivity contribution is 5.81. The molecule has 0 saturated carbocycles. The van der Waals surface area contributed by atoms with Crippen LogP contribution in [0, 0.1) is 0 Å². The lowest BCUT2D eigenvalue weighted by Gasteiger charge is -2.10. The van der Waals surface area contributed by atoms with Crippen LogP contribution in [0.4, 0.5) is 0 Å². The molecule has 0 aliphatic carbocycles. The van der Waals surface area contributed by atoms with E-state index in [0.29, 0.717) is 35.5 Å². The first-order chi connectivity index (χ1) is 12.3. The molecular formula is C21H16O4. The Balaban J connectivity index is 1.72. The van der Waals surface area contributed by atoms with Gasteiger partial charge in [0, 0.05) is 6.42 Å². The SMILES string of the molecule is O=c1c(OCCc2ccccc2)c(-c2ccco2)oc2ccccc12. The largest absolute Gasteiger partial charge is 0.486 e. The fourth-order valence-electron chi connectivity index (χ4n) is 2.74. The van der Waals surface area contributed by atoms with Crippen LogP contribution in [0.15, 0.2) is 86.6 Å². The summed E-state index contributed by atoms with van der Waals surface area (Å²) in [5.74, 6) is 0.976. The zero-order chi connectivity index (χ0) is 17.1. The van der Waals surface area contributed by atoms with Crippen LogP contribution >= 0.6 is 0 Å². The van der Waals surface area contributed by atoms with Crippen molar-refractivity contribution in [3.05, 3.63) is 88.8 Å². The smallest absolute Gasteiger partial charge is 0.235 e. The van der Waals surface area contributed by atoms with Gasteiger partial charge in [-0.2, -0.15) is 0 Å². The van der Waals surface area contributed by atoms with Crippen LogP contribution in [0.25, 0.3) is 22.5 Å². The normalized spacial score (nSPS) is 10.9. The minimum Gasteiger partial charge on any atom is -0.486 e. The van der Waals surface area contributed by atoms with Gasteiger partial charge >= 0.3 is 0 Å². The van der Waals surface area contributed by atoms with Crippen LogP contribution in [0.1, 0.15) is 5.56 Å². The summed E-state index contributed by atoms with van der Waals surface area (Å²) in [6, 6.07) is 20.6. The lowest BCUT2D eigenvalue weighted by atomic mass is 10.1. The van der Waals surface area contributed by atoms with Gasteiger partial charge in [0.1, 0.15) is 5.58 Å². The molecule has 0 N–H and O–H groups in total. The summed E-state index contributed by atoms with van der Waals surface area (Å²) in [5, 5.41) is 0.493. The van der Waals surface area contributed by atoms with E-state index < -0.39 is 0 Å². The quantitative estimate of drug-likeness (QED) is 0.533. The molecule has 0 aliphatic heterocycles. The monoisotopic (exact) mass is 332 g/mol. The van der Waals surface area contributed by atoms with E-state index in [1.165, 1.54) is 6.26 Å². The van der Waals surface area contributed by atoms with E-state index in [0.717, 1.165) is 5.56 Å². The lowest BCUT2D eigenvalue weighted by Crippen LogP contribution is -2.12. The van der Waals surface area contributed by atoms with Crippen LogP contribution in [0.3, 0.4) is 0 Å². The predicted octanol–water partition coefficient (Wildman–Crippen LogP) is 4.67. The fourth-order valence-corrected chi connectivity index (χ4v) is 2.74. The van der Waals surface area contributed by atoms with E-state index in [4.69, 9.17) is 13.6 Å². The Labute approximate surface area is 144 Å². The van der Waals surface area contributed by atoms with Crippen LogP contribution in [-0.4, -0.2) is 6.61 Å². The molecule has 0 saturated heterocycles. The average molecular weight is 332 g/mol. The predicted molar refractivity (Wildman–Crippen MR) is 95.8 cm³/mol. The van der Waals surface area contributed by atoms with Crippen molar-refractivity contribution < 1.29 is 13.6 Å². The van der Waals surface area contributed by atoms with E-state index in [-0.39, 0.29) is 11.2 Å². The maximum atomic E-state index is 12.9. The Morgan fingerprint density at radius 2 is 1.68 bits per heavy atom. The molecule has 2 heterocycles. The Bertz CT molecular complexity index is 1030. The van der Waals surface area contributed by atoms with E-state index in [2.05, 4.69) is 0 Å². The minimum absolute atomic E-state index is 0.185. The second kappa shape index (κ2) is 6.69. The lowest BCUT2D eigenvalue weighted by molar-refractivity contribution is 0.311. The van der Waals surface area contributed by atoms with Crippen molar-refractivity contribution in [1.29, 1.82) is 0 Å². The molecule has 4 aromatic rings. The summed E-state index contributed by atoms with van der Waals surface area (Å²) in [6.07, 6.45) is 2.24. The first-order valence-electron chi connectivity index (χ1n) is 8.09. The first-order valence-corrected chi connectivity index (χ1v) is 8.09. The molecule has 2 aromatic heterocycles. The van der Waals surface area contributed by atoms with Crippen molar-refractivity contribution in [2.24, 2.45) is 0 Å². The van der Waals surface area contributed by atoms with E-state index in [1.54, 1.807) is 30.3 Å². The molecule has 4 heteroatoms. The van der Waals surface area contributed by atoms with Crippen LogP contribution < -0.4 is 10.2 Å². The van der Waals surface area contributed by atoms with Gasteiger partial charge in [-0.25, -0.2) is 0 Å². The highest BCUT2D eigenvalue weighted by Crippen LogP contribution is 2.31. The maximum absolute atomic E-state index is 12.9. The van der Waals surface area contributed by atoms with E-state index in [9.17, 15) is 4.79 Å². The van der Waals surface area contributed by atoms with Gasteiger partial charge < -0.3 is 13.6 Å². The van der Waals surface area contributed by atoms with Crippen molar-refractivity contribution in [2.45, 2.75) is 6.42 Å². The van der Waals surface area contributed by atoms with Crippen LogP contribution in [0.5, 0.6) is 5.75 Å². The summed E-state index contributed by atoms with van der Waals surface area (Å²) in [6.45, 7) is 0.376. The molecule has 124 valence electrons. The number of fused-ring (bicyclic) bond motifs is 1. The molecule has 4 nitrogen and oxygen atoms in total. The van der Waals surface area contributed by atoms with Crippen LogP contribution in [-0.2, 0) is 6.42 Å². The van der Waals surface area contributed by atoms with Gasteiger partial charge in [0.25, 0.3) is 0 Å². The molecule has 0 amide bonds. The first kappa shape index (κ1) is 15.3. The molecule has 0 aliphatic rings. The van der Waals surface area contributed by atoms with Crippen molar-refractivity contribution in [2.75, 3.05) is 6.61 Å². The third-order valence-electron chi connectivity index (χ3n) is 3.98. The Morgan fingerprint density at radius 1 is 0.880 bits per heavy atom. The van der Waals surface area contributed by atoms with Crippen molar-refractivity contribution >= 4 is 11.0 Å². The Kier molecular flexibility index (Phi) is 4.09. The molecule has 0 fully saturated rings. The maximum Gasteiger partial charge on any atom is 0.235 e. The summed E-state index contributed by atoms with van der Waals surface area (Å²) in [7, 11) is 0. The zero-order valence-corrected chi connectivity index (χ0v) is 13.5. The topological polar surface area (TPSA) is 52.6 Å². The number of ether oxygens (including phenoxy) is 1. The number of furan rings is 1. The van der Waals surface area contributed by atoms with Crippen molar-refractivity contribution in [3.8, 4) is 17.3 Å². The molecule has 4 rings (SSSR count). The Morgan fingerprint density at radius 3 is 2.48 bits per heavy atom. The summed E-state index contributed by atoms with van der Waals surface area (Å²) < 4.78 is 17.2. The molecule has 0 atom stereocenters. The average Bonchev–Trinajstić information content (AvgIpc) is 3.19. The number of hydrogen-bond donors (Lipinski definition) is 0. The fraction of sp³-hybridized carbons (Fsp3) is 0.0952. The summed E-state index contributed by atoms with van der Waals surface area (Å²) in [5.41, 5.74) is 1.46. The molecule has 25 heavy (non-hydrogen) atoms. The second-order valence-electron chi connectivity index (χ2n) is 5.65. The number of para-hydroxylation sites is 1. The van der Waals surface area contributed by atoms with Gasteiger partial charge in [-0.05, 0) is 29.8 Å². The van der Waals surface area contributed by atoms with Gasteiger partial charge in [0.15, 0.2) is 5.76 Å². The Hall–Kier alpha value is -3.27. The summed E-state index contributed by atoms with van der Waals surface area (Å²) in [4.78, 5) is 12.9. The molecule has 2 aromatic carbocycles. The highest BCUT2D eigenvalue weighted by Gasteiger charge is 2.19. The molecule has 0 spiro atoms. The summed E-state index contributed by atoms with van der Waals surface area (Å²) >= 11 is 0. The van der Waals surface area contributed by atoms with Crippen molar-refractivity contribution in [1.82, 2.24) is 0 Å². The molecule has 0 bridgehead atoms. The van der Waals surface area contributed by atoms with Gasteiger partial charge in [-0.3, -0.25) is 4.79 Å². The third-order valence-corrected chi connectivity index (χ3v) is 3.98. The minimum atomic E-state index is -0.193. The molecule has 0 radical (unpaired) electrons. The highest BCUT2D eigenvalue weighted by atomic mass is 16.5. The van der Waals surface area contributed by atoms with E-state index >= 15 is 0 Å². The van der Waals surface area contributed by atoms with Gasteiger partial charge in [-0.15, -0.1) is 0 Å². The second-order valence-corrected chi connectivity index (χ2v) is 5.65. The van der Waals surface area contributed by atoms with Crippen molar-refractivity contribution in [3.63, 3.8) is 0 Å². The number of rotatable bonds is 5. The van der Waals surface area contributed by atoms with Gasteiger partial charge in [0.2, 0.25) is 16.9 Å². The van der Waals surface area contributed by atoms with Gasteiger partial charge in [0.05, 0.1) is 18.3 Å². The van der Waals surface area contributed by atoms with Gasteiger partial charge in [-0.1, -0.05) is 42.5 Å².